The molecule has 1 heterocycles. The lowest BCUT2D eigenvalue weighted by Gasteiger charge is -2.24. The number of nitrogens with zero attached hydrogens (tertiary/aromatic N) is 2. The van der Waals surface area contributed by atoms with Crippen molar-refractivity contribution in [1.29, 1.82) is 0 Å². The SMILES string of the molecule is COC(C)(C)c1ccc(N2C(=O)/C(=N\Nc3cccc(-c4cccc(C(=O)O)c4)c3O)c3ccccc32)cc1. The predicted octanol–water partition coefficient (Wildman–Crippen LogP) is 6.13. The number of anilines is 3. The number of carbonyl (C=O) groups is 2. The number of para-hydroxylation sites is 2. The van der Waals surface area contributed by atoms with Crippen LogP contribution in [0.15, 0.2) is 96.1 Å². The number of hydrazone groups is 1. The highest BCUT2D eigenvalue weighted by Crippen LogP contribution is 2.38. The van der Waals surface area contributed by atoms with Crippen LogP contribution in [0.1, 0.15) is 35.3 Å². The number of phenolic OH excluding ortho intramolecular Hbond substituents is 1. The summed E-state index contributed by atoms with van der Waals surface area (Å²) in [7, 11) is 1.66. The minimum absolute atomic E-state index is 0.109. The molecule has 1 amide bonds. The number of ether oxygens (including phenoxy) is 1. The minimum Gasteiger partial charge on any atom is -0.505 e. The highest BCUT2D eigenvalue weighted by atomic mass is 16.5. The summed E-state index contributed by atoms with van der Waals surface area (Å²) in [6.07, 6.45) is 0. The molecule has 1 aliphatic heterocycles. The lowest BCUT2D eigenvalue weighted by Crippen LogP contribution is -2.26. The Hall–Kier alpha value is -4.95. The Morgan fingerprint density at radius 3 is 2.33 bits per heavy atom. The second kappa shape index (κ2) is 10.1. The summed E-state index contributed by atoms with van der Waals surface area (Å²) in [5, 5.41) is 24.7. The van der Waals surface area contributed by atoms with E-state index in [2.05, 4.69) is 10.5 Å². The van der Waals surface area contributed by atoms with E-state index in [-0.39, 0.29) is 28.6 Å². The molecule has 5 rings (SSSR count). The van der Waals surface area contributed by atoms with Gasteiger partial charge in [-0.05, 0) is 61.4 Å². The molecule has 39 heavy (non-hydrogen) atoms. The lowest BCUT2D eigenvalue weighted by atomic mass is 9.98. The zero-order valence-corrected chi connectivity index (χ0v) is 21.7. The fourth-order valence-electron chi connectivity index (χ4n) is 4.50. The fourth-order valence-corrected chi connectivity index (χ4v) is 4.50. The molecule has 4 aromatic carbocycles. The van der Waals surface area contributed by atoms with Gasteiger partial charge in [0.2, 0.25) is 0 Å². The van der Waals surface area contributed by atoms with Crippen LogP contribution in [0, 0.1) is 0 Å². The first kappa shape index (κ1) is 25.7. The number of phenols is 1. The number of amides is 1. The van der Waals surface area contributed by atoms with Gasteiger partial charge in [0.25, 0.3) is 5.91 Å². The van der Waals surface area contributed by atoms with Crippen LogP contribution >= 0.6 is 0 Å². The zero-order valence-electron chi connectivity index (χ0n) is 21.7. The Balaban J connectivity index is 1.47. The average Bonchev–Trinajstić information content (AvgIpc) is 3.23. The number of carbonyl (C=O) groups excluding carboxylic acids is 1. The Kier molecular flexibility index (Phi) is 6.64. The Labute approximate surface area is 225 Å². The highest BCUT2D eigenvalue weighted by Gasteiger charge is 2.35. The number of methoxy groups -OCH3 is 1. The maximum atomic E-state index is 13.6. The number of rotatable bonds is 7. The van der Waals surface area contributed by atoms with Gasteiger partial charge in [-0.3, -0.25) is 15.1 Å². The van der Waals surface area contributed by atoms with E-state index in [0.717, 1.165) is 5.56 Å². The number of aromatic carboxylic acids is 1. The molecular formula is C31H27N3O5. The van der Waals surface area contributed by atoms with Crippen molar-refractivity contribution in [2.45, 2.75) is 19.4 Å². The standard InChI is InChI=1S/C31H27N3O5/c1-31(2,39-3)21-14-16-22(17-15-21)34-26-13-5-4-10-24(26)27(29(34)36)33-32-25-12-7-11-23(28(25)35)19-8-6-9-20(18-19)30(37)38/h4-18,32,35H,1-3H3,(H,37,38)/b33-27-. The first-order valence-corrected chi connectivity index (χ1v) is 12.3. The number of benzene rings is 4. The summed E-state index contributed by atoms with van der Waals surface area (Å²) >= 11 is 0. The topological polar surface area (TPSA) is 111 Å². The molecule has 8 heteroatoms. The van der Waals surface area contributed by atoms with Crippen LogP contribution in [-0.2, 0) is 15.1 Å². The molecule has 0 aromatic heterocycles. The first-order valence-electron chi connectivity index (χ1n) is 12.3. The van der Waals surface area contributed by atoms with E-state index in [1.54, 1.807) is 42.3 Å². The van der Waals surface area contributed by atoms with E-state index < -0.39 is 11.6 Å². The Bertz CT molecular complexity index is 1610. The summed E-state index contributed by atoms with van der Waals surface area (Å²) in [5.41, 5.74) is 6.95. The number of aromatic hydroxyl groups is 1. The van der Waals surface area contributed by atoms with Gasteiger partial charge in [0.05, 0.1) is 22.5 Å². The summed E-state index contributed by atoms with van der Waals surface area (Å²) < 4.78 is 5.57. The molecule has 0 bridgehead atoms. The van der Waals surface area contributed by atoms with E-state index in [4.69, 9.17) is 4.74 Å². The molecule has 0 atom stereocenters. The molecule has 0 unspecified atom stereocenters. The van der Waals surface area contributed by atoms with Crippen molar-refractivity contribution in [3.8, 4) is 16.9 Å². The molecule has 8 nitrogen and oxygen atoms in total. The van der Waals surface area contributed by atoms with Gasteiger partial charge < -0.3 is 14.9 Å². The Morgan fingerprint density at radius 1 is 0.923 bits per heavy atom. The summed E-state index contributed by atoms with van der Waals surface area (Å²) in [5.74, 6) is -1.49. The van der Waals surface area contributed by atoms with E-state index in [1.807, 2.05) is 62.4 Å². The van der Waals surface area contributed by atoms with Crippen LogP contribution in [0.4, 0.5) is 17.1 Å². The number of nitrogens with one attached hydrogen (secondary N) is 1. The van der Waals surface area contributed by atoms with Crippen LogP contribution in [0.5, 0.6) is 5.75 Å². The summed E-state index contributed by atoms with van der Waals surface area (Å²) in [4.78, 5) is 26.6. The first-order chi connectivity index (χ1) is 18.7. The molecule has 0 saturated heterocycles. The van der Waals surface area contributed by atoms with Crippen molar-refractivity contribution in [1.82, 2.24) is 0 Å². The molecule has 1 aliphatic rings. The number of fused-ring (bicyclic) bond motifs is 1. The van der Waals surface area contributed by atoms with Crippen LogP contribution in [0.3, 0.4) is 0 Å². The van der Waals surface area contributed by atoms with Crippen molar-refractivity contribution in [2.24, 2.45) is 5.10 Å². The number of hydrogen-bond donors (Lipinski definition) is 3. The molecule has 4 aromatic rings. The maximum absolute atomic E-state index is 13.6. The number of hydrogen-bond acceptors (Lipinski definition) is 6. The second-order valence-corrected chi connectivity index (χ2v) is 9.58. The highest BCUT2D eigenvalue weighted by molar-refractivity contribution is 6.55. The van der Waals surface area contributed by atoms with Gasteiger partial charge in [0.15, 0.2) is 5.71 Å². The monoisotopic (exact) mass is 521 g/mol. The van der Waals surface area contributed by atoms with Gasteiger partial charge in [-0.2, -0.15) is 5.10 Å². The third-order valence-corrected chi connectivity index (χ3v) is 6.88. The maximum Gasteiger partial charge on any atom is 0.335 e. The molecule has 0 aliphatic carbocycles. The van der Waals surface area contributed by atoms with Crippen molar-refractivity contribution in [3.63, 3.8) is 0 Å². The minimum atomic E-state index is -1.06. The average molecular weight is 522 g/mol. The van der Waals surface area contributed by atoms with Crippen LogP contribution < -0.4 is 10.3 Å². The molecular weight excluding hydrogens is 494 g/mol. The van der Waals surface area contributed by atoms with E-state index in [1.165, 1.54) is 12.1 Å². The third-order valence-electron chi connectivity index (χ3n) is 6.88. The van der Waals surface area contributed by atoms with Crippen molar-refractivity contribution < 1.29 is 24.5 Å². The van der Waals surface area contributed by atoms with Gasteiger partial charge in [0, 0.05) is 23.9 Å². The third kappa shape index (κ3) is 4.73. The summed E-state index contributed by atoms with van der Waals surface area (Å²) in [6, 6.07) is 26.3. The smallest absolute Gasteiger partial charge is 0.335 e. The van der Waals surface area contributed by atoms with Gasteiger partial charge in [-0.1, -0.05) is 54.6 Å². The quantitative estimate of drug-likeness (QED) is 0.199. The van der Waals surface area contributed by atoms with E-state index in [0.29, 0.717) is 28.1 Å². The van der Waals surface area contributed by atoms with Crippen LogP contribution in [0.2, 0.25) is 0 Å². The van der Waals surface area contributed by atoms with Crippen LogP contribution in [0.25, 0.3) is 11.1 Å². The van der Waals surface area contributed by atoms with Crippen LogP contribution in [-0.4, -0.2) is 34.9 Å². The molecule has 0 saturated carbocycles. The fraction of sp³-hybridized carbons (Fsp3) is 0.129. The number of carboxylic acid groups (broad SMARTS) is 1. The molecule has 0 radical (unpaired) electrons. The predicted molar refractivity (Wildman–Crippen MR) is 151 cm³/mol. The molecule has 0 fully saturated rings. The van der Waals surface area contributed by atoms with Gasteiger partial charge in [-0.25, -0.2) is 4.79 Å². The Morgan fingerprint density at radius 2 is 1.62 bits per heavy atom. The van der Waals surface area contributed by atoms with E-state index >= 15 is 0 Å². The summed E-state index contributed by atoms with van der Waals surface area (Å²) in [6.45, 7) is 3.95. The van der Waals surface area contributed by atoms with Gasteiger partial charge >= 0.3 is 5.97 Å². The molecule has 3 N–H and O–H groups in total. The van der Waals surface area contributed by atoms with Gasteiger partial charge in [0.1, 0.15) is 5.75 Å². The van der Waals surface area contributed by atoms with Crippen molar-refractivity contribution in [3.05, 3.63) is 108 Å². The van der Waals surface area contributed by atoms with Crippen molar-refractivity contribution in [2.75, 3.05) is 17.4 Å². The number of carboxylic acids is 1. The molecule has 196 valence electrons. The second-order valence-electron chi connectivity index (χ2n) is 9.58. The normalized spacial score (nSPS) is 14.0. The van der Waals surface area contributed by atoms with E-state index in [9.17, 15) is 19.8 Å². The lowest BCUT2D eigenvalue weighted by molar-refractivity contribution is -0.111. The zero-order chi connectivity index (χ0) is 27.7. The van der Waals surface area contributed by atoms with Gasteiger partial charge in [-0.15, -0.1) is 0 Å². The molecule has 0 spiro atoms. The van der Waals surface area contributed by atoms with Crippen molar-refractivity contribution >= 4 is 34.7 Å². The largest absolute Gasteiger partial charge is 0.505 e.